The fourth-order valence-electron chi connectivity index (χ4n) is 4.07. The summed E-state index contributed by atoms with van der Waals surface area (Å²) >= 11 is 0. The number of rotatable bonds is 11. The van der Waals surface area contributed by atoms with Gasteiger partial charge in [-0.2, -0.15) is 0 Å². The lowest BCUT2D eigenvalue weighted by Crippen LogP contribution is -2.54. The Bertz CT molecular complexity index is 1350. The zero-order chi connectivity index (χ0) is 27.9. The number of benzene rings is 3. The molecule has 1 atom stereocenters. The molecule has 0 aliphatic carbocycles. The lowest BCUT2D eigenvalue weighted by Gasteiger charge is -2.34. The summed E-state index contributed by atoms with van der Waals surface area (Å²) in [5.41, 5.74) is 2.42. The van der Waals surface area contributed by atoms with Crippen LogP contribution < -0.4 is 9.62 Å². The van der Waals surface area contributed by atoms with Gasteiger partial charge < -0.3 is 10.2 Å². The first-order valence-corrected chi connectivity index (χ1v) is 14.2. The van der Waals surface area contributed by atoms with Crippen molar-refractivity contribution in [3.63, 3.8) is 0 Å². The number of sulfonamides is 1. The maximum Gasteiger partial charge on any atom is 0.244 e. The summed E-state index contributed by atoms with van der Waals surface area (Å²) < 4.78 is 40.7. The van der Waals surface area contributed by atoms with E-state index in [0.29, 0.717) is 0 Å². The third-order valence-corrected chi connectivity index (χ3v) is 7.10. The van der Waals surface area contributed by atoms with Gasteiger partial charge in [0.2, 0.25) is 21.8 Å². The molecule has 3 aromatic rings. The molecule has 7 nitrogen and oxygen atoms in total. The van der Waals surface area contributed by atoms with E-state index in [1.807, 2.05) is 75.4 Å². The molecular formula is C29H34FN3O4S. The minimum atomic E-state index is -4.03. The second kappa shape index (κ2) is 12.7. The number of halogens is 1. The van der Waals surface area contributed by atoms with Gasteiger partial charge in [0.15, 0.2) is 0 Å². The van der Waals surface area contributed by atoms with Gasteiger partial charge in [0, 0.05) is 19.0 Å². The Morgan fingerprint density at radius 2 is 1.50 bits per heavy atom. The monoisotopic (exact) mass is 539 g/mol. The van der Waals surface area contributed by atoms with E-state index in [9.17, 15) is 22.4 Å². The number of aryl methyl sites for hydroxylation is 1. The molecule has 3 aromatic carbocycles. The lowest BCUT2D eigenvalue weighted by molar-refractivity contribution is -0.140. The molecule has 0 fully saturated rings. The summed E-state index contributed by atoms with van der Waals surface area (Å²) in [6.45, 7) is 5.00. The fourth-order valence-corrected chi connectivity index (χ4v) is 4.92. The number of carbonyl (C=O) groups excluding carboxylic acids is 2. The first kappa shape index (κ1) is 28.8. The smallest absolute Gasteiger partial charge is 0.244 e. The number of para-hydroxylation sites is 1. The van der Waals surface area contributed by atoms with E-state index in [1.54, 1.807) is 0 Å². The van der Waals surface area contributed by atoms with Crippen molar-refractivity contribution in [3.05, 3.63) is 101 Å². The highest BCUT2D eigenvalue weighted by atomic mass is 32.2. The van der Waals surface area contributed by atoms with Crippen LogP contribution in [0.25, 0.3) is 0 Å². The van der Waals surface area contributed by atoms with Crippen LogP contribution in [-0.4, -0.2) is 50.0 Å². The molecule has 9 heteroatoms. The summed E-state index contributed by atoms with van der Waals surface area (Å²) in [6, 6.07) is 21.1. The van der Waals surface area contributed by atoms with Gasteiger partial charge in [-0.3, -0.25) is 13.9 Å². The Morgan fingerprint density at radius 3 is 2.08 bits per heavy atom. The van der Waals surface area contributed by atoms with E-state index in [-0.39, 0.29) is 30.6 Å². The number of amides is 2. The van der Waals surface area contributed by atoms with Gasteiger partial charge in [-0.25, -0.2) is 12.8 Å². The predicted molar refractivity (Wildman–Crippen MR) is 148 cm³/mol. The molecule has 0 aliphatic rings. The Morgan fingerprint density at radius 1 is 0.895 bits per heavy atom. The third-order valence-electron chi connectivity index (χ3n) is 5.98. The number of nitrogens with zero attached hydrogens (tertiary/aromatic N) is 2. The molecule has 0 spiro atoms. The van der Waals surface area contributed by atoms with Crippen LogP contribution in [0.2, 0.25) is 0 Å². The summed E-state index contributed by atoms with van der Waals surface area (Å²) in [4.78, 5) is 28.7. The Hall–Kier alpha value is -3.72. The van der Waals surface area contributed by atoms with Crippen molar-refractivity contribution in [1.29, 1.82) is 0 Å². The van der Waals surface area contributed by atoms with Gasteiger partial charge in [0.1, 0.15) is 18.4 Å². The van der Waals surface area contributed by atoms with Gasteiger partial charge in [0.25, 0.3) is 0 Å². The molecule has 0 aromatic heterocycles. The molecule has 0 saturated heterocycles. The minimum absolute atomic E-state index is 0.0665. The van der Waals surface area contributed by atoms with Gasteiger partial charge >= 0.3 is 0 Å². The van der Waals surface area contributed by atoms with Gasteiger partial charge in [-0.1, -0.05) is 72.3 Å². The van der Waals surface area contributed by atoms with Crippen LogP contribution >= 0.6 is 0 Å². The van der Waals surface area contributed by atoms with Crippen molar-refractivity contribution in [2.45, 2.75) is 45.8 Å². The van der Waals surface area contributed by atoms with E-state index in [4.69, 9.17) is 0 Å². The summed E-state index contributed by atoms with van der Waals surface area (Å²) in [5.74, 6) is -1.76. The molecule has 0 aliphatic heterocycles. The van der Waals surface area contributed by atoms with Crippen LogP contribution in [0.3, 0.4) is 0 Å². The molecule has 202 valence electrons. The number of hydrogen-bond acceptors (Lipinski definition) is 4. The van der Waals surface area contributed by atoms with Crippen molar-refractivity contribution < 1.29 is 22.4 Å². The molecule has 1 unspecified atom stereocenters. The zero-order valence-corrected chi connectivity index (χ0v) is 22.9. The van der Waals surface area contributed by atoms with E-state index in [2.05, 4.69) is 5.32 Å². The topological polar surface area (TPSA) is 86.8 Å². The number of hydrogen-bond donors (Lipinski definition) is 1. The summed E-state index contributed by atoms with van der Waals surface area (Å²) in [5, 5.41) is 2.89. The Labute approximate surface area is 224 Å². The van der Waals surface area contributed by atoms with Crippen LogP contribution in [-0.2, 0) is 32.6 Å². The molecular weight excluding hydrogens is 505 g/mol. The van der Waals surface area contributed by atoms with E-state index in [1.165, 1.54) is 23.1 Å². The molecule has 0 bridgehead atoms. The SMILES string of the molecule is Cc1ccc(CN(C(=O)CN(c2ccccc2F)S(C)(=O)=O)C(Cc2ccccc2)C(=O)NC(C)C)cc1. The number of anilines is 1. The molecule has 38 heavy (non-hydrogen) atoms. The zero-order valence-electron chi connectivity index (χ0n) is 22.1. The molecule has 0 radical (unpaired) electrons. The summed E-state index contributed by atoms with van der Waals surface area (Å²) in [6.07, 6.45) is 1.14. The molecule has 2 amide bonds. The van der Waals surface area contributed by atoms with Gasteiger partial charge in [-0.05, 0) is 44.0 Å². The highest BCUT2D eigenvalue weighted by molar-refractivity contribution is 7.92. The summed E-state index contributed by atoms with van der Waals surface area (Å²) in [7, 11) is -4.03. The highest BCUT2D eigenvalue weighted by Crippen LogP contribution is 2.23. The number of nitrogens with one attached hydrogen (secondary N) is 1. The second-order valence-electron chi connectivity index (χ2n) is 9.60. The second-order valence-corrected chi connectivity index (χ2v) is 11.5. The molecule has 0 saturated carbocycles. The maximum absolute atomic E-state index is 14.6. The Balaban J connectivity index is 2.06. The van der Waals surface area contributed by atoms with Crippen molar-refractivity contribution in [2.75, 3.05) is 17.1 Å². The average molecular weight is 540 g/mol. The van der Waals surface area contributed by atoms with Crippen LogP contribution in [0.5, 0.6) is 0 Å². The molecule has 1 N–H and O–H groups in total. The van der Waals surface area contributed by atoms with Crippen molar-refractivity contribution in [2.24, 2.45) is 0 Å². The lowest BCUT2D eigenvalue weighted by atomic mass is 10.0. The molecule has 0 heterocycles. The third kappa shape index (κ3) is 7.89. The number of carbonyl (C=O) groups is 2. The quantitative estimate of drug-likeness (QED) is 0.398. The van der Waals surface area contributed by atoms with E-state index in [0.717, 1.165) is 33.3 Å². The average Bonchev–Trinajstić information content (AvgIpc) is 2.85. The van der Waals surface area contributed by atoms with Crippen LogP contribution in [0.4, 0.5) is 10.1 Å². The highest BCUT2D eigenvalue weighted by Gasteiger charge is 2.33. The van der Waals surface area contributed by atoms with Crippen molar-refractivity contribution >= 4 is 27.5 Å². The first-order chi connectivity index (χ1) is 18.0. The predicted octanol–water partition coefficient (Wildman–Crippen LogP) is 4.06. The van der Waals surface area contributed by atoms with E-state index >= 15 is 0 Å². The maximum atomic E-state index is 14.6. The van der Waals surface area contributed by atoms with Crippen LogP contribution in [0.15, 0.2) is 78.9 Å². The van der Waals surface area contributed by atoms with Crippen LogP contribution in [0, 0.1) is 12.7 Å². The van der Waals surface area contributed by atoms with Crippen molar-refractivity contribution in [1.82, 2.24) is 10.2 Å². The minimum Gasteiger partial charge on any atom is -0.352 e. The normalized spacial score (nSPS) is 12.2. The van der Waals surface area contributed by atoms with Gasteiger partial charge in [0.05, 0.1) is 11.9 Å². The fraction of sp³-hybridized carbons (Fsp3) is 0.310. The Kier molecular flexibility index (Phi) is 9.63. The van der Waals surface area contributed by atoms with Gasteiger partial charge in [-0.15, -0.1) is 0 Å². The molecule has 3 rings (SSSR count). The standard InChI is InChI=1S/C29H34FN3O4S/c1-21(2)31-29(35)27(18-23-10-6-5-7-11-23)32(19-24-16-14-22(3)15-17-24)28(34)20-33(38(4,36)37)26-13-9-8-12-25(26)30/h5-17,21,27H,18-20H2,1-4H3,(H,31,35). The van der Waals surface area contributed by atoms with E-state index < -0.39 is 34.3 Å². The largest absolute Gasteiger partial charge is 0.352 e. The first-order valence-electron chi connectivity index (χ1n) is 12.4. The van der Waals surface area contributed by atoms with Crippen LogP contribution in [0.1, 0.15) is 30.5 Å². The van der Waals surface area contributed by atoms with Crippen molar-refractivity contribution in [3.8, 4) is 0 Å².